The third kappa shape index (κ3) is 3.96. The average molecular weight is 253 g/mol. The largest absolute Gasteiger partial charge is 0.389 e. The van der Waals surface area contributed by atoms with Gasteiger partial charge in [0.15, 0.2) is 0 Å². The van der Waals surface area contributed by atoms with Crippen LogP contribution in [0.3, 0.4) is 0 Å². The predicted molar refractivity (Wildman–Crippen MR) is 76.6 cm³/mol. The Morgan fingerprint density at radius 2 is 1.89 bits per heavy atom. The van der Waals surface area contributed by atoms with Gasteiger partial charge in [0.1, 0.15) is 0 Å². The summed E-state index contributed by atoms with van der Waals surface area (Å²) in [5.41, 5.74) is -0.410. The molecule has 2 saturated carbocycles. The molecule has 0 heterocycles. The molecule has 0 spiro atoms. The minimum atomic E-state index is -0.410. The molecular weight excluding hydrogens is 222 g/mol. The molecule has 2 N–H and O–H groups in total. The minimum absolute atomic E-state index is 0.410. The van der Waals surface area contributed by atoms with Gasteiger partial charge in [0.2, 0.25) is 0 Å². The van der Waals surface area contributed by atoms with Crippen LogP contribution >= 0.6 is 0 Å². The number of nitrogens with one attached hydrogen (secondary N) is 1. The van der Waals surface area contributed by atoms with E-state index in [1.807, 2.05) is 0 Å². The number of aliphatic hydroxyl groups is 1. The zero-order chi connectivity index (χ0) is 13.0. The van der Waals surface area contributed by atoms with Crippen LogP contribution in [0.25, 0.3) is 0 Å². The highest BCUT2D eigenvalue weighted by Gasteiger charge is 2.33. The van der Waals surface area contributed by atoms with E-state index in [0.29, 0.717) is 6.04 Å². The third-order valence-electron chi connectivity index (χ3n) is 5.27. The predicted octanol–water partition coefficient (Wildman–Crippen LogP) is 3.49. The van der Waals surface area contributed by atoms with Crippen molar-refractivity contribution in [2.45, 2.75) is 83.3 Å². The van der Waals surface area contributed by atoms with Crippen LogP contribution in [-0.4, -0.2) is 23.3 Å². The van der Waals surface area contributed by atoms with E-state index in [-0.39, 0.29) is 0 Å². The lowest BCUT2D eigenvalue weighted by atomic mass is 9.77. The van der Waals surface area contributed by atoms with Crippen LogP contribution in [-0.2, 0) is 0 Å². The molecule has 0 amide bonds. The summed E-state index contributed by atoms with van der Waals surface area (Å²) in [6.07, 6.45) is 11.1. The van der Waals surface area contributed by atoms with Gasteiger partial charge < -0.3 is 10.4 Å². The quantitative estimate of drug-likeness (QED) is 0.804. The van der Waals surface area contributed by atoms with Crippen LogP contribution in [0.5, 0.6) is 0 Å². The molecule has 18 heavy (non-hydrogen) atoms. The molecule has 0 aliphatic heterocycles. The van der Waals surface area contributed by atoms with Gasteiger partial charge in [0, 0.05) is 12.6 Å². The maximum absolute atomic E-state index is 10.6. The van der Waals surface area contributed by atoms with Crippen LogP contribution in [0.2, 0.25) is 0 Å². The topological polar surface area (TPSA) is 32.3 Å². The van der Waals surface area contributed by atoms with Crippen molar-refractivity contribution in [2.75, 3.05) is 6.54 Å². The molecule has 2 nitrogen and oxygen atoms in total. The van der Waals surface area contributed by atoms with Crippen molar-refractivity contribution in [2.24, 2.45) is 11.8 Å². The zero-order valence-electron chi connectivity index (χ0n) is 12.3. The Hall–Kier alpha value is -0.0800. The van der Waals surface area contributed by atoms with Crippen molar-refractivity contribution in [1.82, 2.24) is 5.32 Å². The summed E-state index contributed by atoms with van der Waals surface area (Å²) in [5, 5.41) is 14.3. The molecule has 2 fully saturated rings. The first-order chi connectivity index (χ1) is 8.61. The van der Waals surface area contributed by atoms with Gasteiger partial charge >= 0.3 is 0 Å². The standard InChI is InChI=1S/C16H31NO/c1-3-14-7-9-16(18,10-8-14)12-17-15-6-4-5-13(2)11-15/h13-15,17-18H,3-12H2,1-2H3. The normalized spacial score (nSPS) is 41.8. The molecule has 2 aliphatic rings. The van der Waals surface area contributed by atoms with E-state index in [1.54, 1.807) is 0 Å². The second-order valence-corrected chi connectivity index (χ2v) is 6.93. The molecule has 0 radical (unpaired) electrons. The summed E-state index contributed by atoms with van der Waals surface area (Å²) in [4.78, 5) is 0. The molecule has 0 aromatic heterocycles. The van der Waals surface area contributed by atoms with Crippen LogP contribution in [0, 0.1) is 11.8 Å². The van der Waals surface area contributed by atoms with Gasteiger partial charge in [-0.05, 0) is 50.4 Å². The Bertz CT molecular complexity index is 245. The fraction of sp³-hybridized carbons (Fsp3) is 1.00. The average Bonchev–Trinajstić information content (AvgIpc) is 2.38. The SMILES string of the molecule is CCC1CCC(O)(CNC2CCCC(C)C2)CC1. The molecule has 0 aromatic carbocycles. The number of hydrogen-bond acceptors (Lipinski definition) is 2. The summed E-state index contributed by atoms with van der Waals surface area (Å²) in [5.74, 6) is 1.72. The molecule has 2 heteroatoms. The van der Waals surface area contributed by atoms with E-state index in [2.05, 4.69) is 19.2 Å². The lowest BCUT2D eigenvalue weighted by molar-refractivity contribution is -0.0119. The highest BCUT2D eigenvalue weighted by atomic mass is 16.3. The summed E-state index contributed by atoms with van der Waals surface area (Å²) >= 11 is 0. The molecule has 0 aromatic rings. The van der Waals surface area contributed by atoms with E-state index in [9.17, 15) is 5.11 Å². The van der Waals surface area contributed by atoms with Crippen molar-refractivity contribution >= 4 is 0 Å². The Morgan fingerprint density at radius 3 is 2.50 bits per heavy atom. The van der Waals surface area contributed by atoms with Gasteiger partial charge in [-0.15, -0.1) is 0 Å². The molecule has 0 bridgehead atoms. The van der Waals surface area contributed by atoms with Crippen molar-refractivity contribution in [3.63, 3.8) is 0 Å². The van der Waals surface area contributed by atoms with E-state index >= 15 is 0 Å². The number of rotatable bonds is 4. The highest BCUT2D eigenvalue weighted by Crippen LogP contribution is 2.33. The highest BCUT2D eigenvalue weighted by molar-refractivity contribution is 4.89. The Balaban J connectivity index is 1.72. The van der Waals surface area contributed by atoms with Crippen LogP contribution in [0.15, 0.2) is 0 Å². The first-order valence-corrected chi connectivity index (χ1v) is 8.07. The van der Waals surface area contributed by atoms with Crippen molar-refractivity contribution in [3.8, 4) is 0 Å². The Labute approximate surface area is 113 Å². The van der Waals surface area contributed by atoms with Crippen molar-refractivity contribution in [1.29, 1.82) is 0 Å². The molecule has 2 rings (SSSR count). The van der Waals surface area contributed by atoms with E-state index < -0.39 is 5.60 Å². The van der Waals surface area contributed by atoms with Crippen LogP contribution in [0.4, 0.5) is 0 Å². The molecular formula is C16H31NO. The smallest absolute Gasteiger partial charge is 0.0771 e. The molecule has 2 aliphatic carbocycles. The second-order valence-electron chi connectivity index (χ2n) is 6.93. The monoisotopic (exact) mass is 253 g/mol. The fourth-order valence-corrected chi connectivity index (χ4v) is 3.75. The Kier molecular flexibility index (Phi) is 5.08. The fourth-order valence-electron chi connectivity index (χ4n) is 3.75. The number of hydrogen-bond donors (Lipinski definition) is 2. The maximum atomic E-state index is 10.6. The first kappa shape index (κ1) is 14.3. The summed E-state index contributed by atoms with van der Waals surface area (Å²) in [7, 11) is 0. The van der Waals surface area contributed by atoms with Gasteiger partial charge in [-0.1, -0.05) is 33.1 Å². The second kappa shape index (κ2) is 6.38. The molecule has 106 valence electrons. The van der Waals surface area contributed by atoms with Gasteiger partial charge in [0.25, 0.3) is 0 Å². The third-order valence-corrected chi connectivity index (χ3v) is 5.27. The van der Waals surface area contributed by atoms with E-state index in [4.69, 9.17) is 0 Å². The first-order valence-electron chi connectivity index (χ1n) is 8.07. The summed E-state index contributed by atoms with van der Waals surface area (Å²) in [6.45, 7) is 5.45. The van der Waals surface area contributed by atoms with Gasteiger partial charge in [-0.3, -0.25) is 0 Å². The molecule has 2 atom stereocenters. The molecule has 0 saturated heterocycles. The summed E-state index contributed by atoms with van der Waals surface area (Å²) < 4.78 is 0. The van der Waals surface area contributed by atoms with Crippen molar-refractivity contribution in [3.05, 3.63) is 0 Å². The van der Waals surface area contributed by atoms with E-state index in [0.717, 1.165) is 31.2 Å². The lowest BCUT2D eigenvalue weighted by Crippen LogP contribution is -2.47. The van der Waals surface area contributed by atoms with E-state index in [1.165, 1.54) is 44.9 Å². The maximum Gasteiger partial charge on any atom is 0.0771 e. The lowest BCUT2D eigenvalue weighted by Gasteiger charge is -2.38. The minimum Gasteiger partial charge on any atom is -0.389 e. The van der Waals surface area contributed by atoms with Gasteiger partial charge in [0.05, 0.1) is 5.60 Å². The Morgan fingerprint density at radius 1 is 1.17 bits per heavy atom. The zero-order valence-corrected chi connectivity index (χ0v) is 12.3. The summed E-state index contributed by atoms with van der Waals surface area (Å²) in [6, 6.07) is 0.654. The van der Waals surface area contributed by atoms with Gasteiger partial charge in [-0.25, -0.2) is 0 Å². The van der Waals surface area contributed by atoms with Crippen LogP contribution in [0.1, 0.15) is 71.6 Å². The van der Waals surface area contributed by atoms with Crippen molar-refractivity contribution < 1.29 is 5.11 Å². The van der Waals surface area contributed by atoms with Gasteiger partial charge in [-0.2, -0.15) is 0 Å². The van der Waals surface area contributed by atoms with Crippen LogP contribution < -0.4 is 5.32 Å². The molecule has 2 unspecified atom stereocenters.